The molecule has 142 valence electrons. The van der Waals surface area contributed by atoms with Crippen LogP contribution < -0.4 is 15.5 Å². The summed E-state index contributed by atoms with van der Waals surface area (Å²) in [6.07, 6.45) is 3.37. The minimum absolute atomic E-state index is 0.0681. The number of benzene rings is 1. The molecule has 1 aliphatic rings. The Morgan fingerprint density at radius 2 is 1.81 bits per heavy atom. The summed E-state index contributed by atoms with van der Waals surface area (Å²) in [7, 11) is 1.95. The number of aromatic nitrogens is 2. The minimum atomic E-state index is -0.125. The molecule has 0 aliphatic carbocycles. The fraction of sp³-hybridized carbons (Fsp3) is 0.368. The number of rotatable bonds is 6. The van der Waals surface area contributed by atoms with Gasteiger partial charge in [-0.2, -0.15) is 0 Å². The third kappa shape index (κ3) is 4.79. The standard InChI is InChI=1S/C19H24N6O2/c1-13-8-20-12-21-19(13)25-9-17(10-25)24(3)11-18(27)23-16-6-4-15(5-7-16)22-14(2)26/h4-8,12,17H,9-11H2,1-3H3,(H,22,26)(H,23,27). The number of aryl methyl sites for hydroxylation is 1. The van der Waals surface area contributed by atoms with Crippen molar-refractivity contribution in [1.29, 1.82) is 0 Å². The highest BCUT2D eigenvalue weighted by Crippen LogP contribution is 2.23. The van der Waals surface area contributed by atoms with Crippen LogP contribution in [0.15, 0.2) is 36.8 Å². The summed E-state index contributed by atoms with van der Waals surface area (Å²) in [5, 5.41) is 5.58. The molecule has 0 spiro atoms. The van der Waals surface area contributed by atoms with E-state index in [1.807, 2.05) is 25.1 Å². The molecule has 1 aromatic heterocycles. The summed E-state index contributed by atoms with van der Waals surface area (Å²) in [6.45, 7) is 5.45. The first kappa shape index (κ1) is 18.8. The van der Waals surface area contributed by atoms with Crippen LogP contribution >= 0.6 is 0 Å². The van der Waals surface area contributed by atoms with E-state index in [1.165, 1.54) is 6.92 Å². The Labute approximate surface area is 158 Å². The third-order valence-corrected chi connectivity index (χ3v) is 4.53. The van der Waals surface area contributed by atoms with Crippen molar-refractivity contribution >= 4 is 29.0 Å². The molecule has 0 unspecified atom stereocenters. The van der Waals surface area contributed by atoms with Crippen molar-refractivity contribution in [3.63, 3.8) is 0 Å². The number of carbonyl (C=O) groups is 2. The second-order valence-electron chi connectivity index (χ2n) is 6.81. The van der Waals surface area contributed by atoms with Gasteiger partial charge < -0.3 is 15.5 Å². The summed E-state index contributed by atoms with van der Waals surface area (Å²) >= 11 is 0. The lowest BCUT2D eigenvalue weighted by Crippen LogP contribution is -2.60. The zero-order valence-corrected chi connectivity index (χ0v) is 15.8. The molecule has 2 aromatic rings. The Kier molecular flexibility index (Phi) is 5.66. The van der Waals surface area contributed by atoms with Crippen molar-refractivity contribution in [2.75, 3.05) is 42.2 Å². The molecule has 8 heteroatoms. The van der Waals surface area contributed by atoms with Crippen molar-refractivity contribution in [3.05, 3.63) is 42.4 Å². The van der Waals surface area contributed by atoms with Gasteiger partial charge in [-0.05, 0) is 38.2 Å². The zero-order chi connectivity index (χ0) is 19.4. The van der Waals surface area contributed by atoms with E-state index in [0.29, 0.717) is 24.0 Å². The predicted molar refractivity (Wildman–Crippen MR) is 105 cm³/mol. The second-order valence-corrected chi connectivity index (χ2v) is 6.81. The second kappa shape index (κ2) is 8.13. The highest BCUT2D eigenvalue weighted by molar-refractivity contribution is 5.93. The van der Waals surface area contributed by atoms with Crippen LogP contribution in [-0.2, 0) is 9.59 Å². The molecule has 2 N–H and O–H groups in total. The van der Waals surface area contributed by atoms with Crippen molar-refractivity contribution in [2.45, 2.75) is 19.9 Å². The van der Waals surface area contributed by atoms with E-state index >= 15 is 0 Å². The molecule has 1 fully saturated rings. The van der Waals surface area contributed by atoms with E-state index in [0.717, 1.165) is 24.5 Å². The van der Waals surface area contributed by atoms with Gasteiger partial charge in [0.25, 0.3) is 0 Å². The molecule has 27 heavy (non-hydrogen) atoms. The highest BCUT2D eigenvalue weighted by atomic mass is 16.2. The molecular weight excluding hydrogens is 344 g/mol. The molecule has 0 atom stereocenters. The van der Waals surface area contributed by atoms with Gasteiger partial charge in [-0.25, -0.2) is 9.97 Å². The summed E-state index contributed by atoms with van der Waals surface area (Å²) in [5.74, 6) is 0.764. The van der Waals surface area contributed by atoms with Gasteiger partial charge in [0, 0.05) is 49.2 Å². The van der Waals surface area contributed by atoms with Crippen LogP contribution in [0.2, 0.25) is 0 Å². The largest absolute Gasteiger partial charge is 0.353 e. The van der Waals surface area contributed by atoms with Crippen LogP contribution in [0, 0.1) is 6.92 Å². The Morgan fingerprint density at radius 3 is 2.41 bits per heavy atom. The van der Waals surface area contributed by atoms with Crippen LogP contribution in [0.3, 0.4) is 0 Å². The maximum absolute atomic E-state index is 12.3. The van der Waals surface area contributed by atoms with Gasteiger partial charge in [-0.3, -0.25) is 14.5 Å². The fourth-order valence-electron chi connectivity index (χ4n) is 3.03. The lowest BCUT2D eigenvalue weighted by Gasteiger charge is -2.44. The molecule has 1 saturated heterocycles. The van der Waals surface area contributed by atoms with Crippen LogP contribution in [0.25, 0.3) is 0 Å². The first-order valence-corrected chi connectivity index (χ1v) is 8.81. The smallest absolute Gasteiger partial charge is 0.238 e. The van der Waals surface area contributed by atoms with Gasteiger partial charge in [0.15, 0.2) is 0 Å². The monoisotopic (exact) mass is 368 g/mol. The maximum atomic E-state index is 12.3. The quantitative estimate of drug-likeness (QED) is 0.803. The predicted octanol–water partition coefficient (Wildman–Crippen LogP) is 1.50. The van der Waals surface area contributed by atoms with E-state index < -0.39 is 0 Å². The van der Waals surface area contributed by atoms with E-state index in [-0.39, 0.29) is 11.8 Å². The Balaban J connectivity index is 1.46. The zero-order valence-electron chi connectivity index (χ0n) is 15.8. The van der Waals surface area contributed by atoms with Crippen LogP contribution in [0.1, 0.15) is 12.5 Å². The fourth-order valence-corrected chi connectivity index (χ4v) is 3.03. The molecule has 0 bridgehead atoms. The van der Waals surface area contributed by atoms with Gasteiger partial charge in [0.05, 0.1) is 6.54 Å². The normalized spacial score (nSPS) is 14.0. The number of carbonyl (C=O) groups excluding carboxylic acids is 2. The summed E-state index contributed by atoms with van der Waals surface area (Å²) in [4.78, 5) is 35.9. The lowest BCUT2D eigenvalue weighted by molar-refractivity contribution is -0.117. The Hall–Kier alpha value is -3.00. The summed E-state index contributed by atoms with van der Waals surface area (Å²) in [6, 6.07) is 7.37. The molecule has 1 aliphatic heterocycles. The van der Waals surface area contributed by atoms with Crippen LogP contribution in [-0.4, -0.2) is 59.4 Å². The molecule has 0 saturated carbocycles. The van der Waals surface area contributed by atoms with Crippen molar-refractivity contribution in [1.82, 2.24) is 14.9 Å². The maximum Gasteiger partial charge on any atom is 0.238 e. The van der Waals surface area contributed by atoms with Crippen molar-refractivity contribution in [3.8, 4) is 0 Å². The van der Waals surface area contributed by atoms with Gasteiger partial charge >= 0.3 is 0 Å². The number of nitrogens with one attached hydrogen (secondary N) is 2. The number of amides is 2. The SMILES string of the molecule is CC(=O)Nc1ccc(NC(=O)CN(C)C2CN(c3ncncc3C)C2)cc1. The van der Waals surface area contributed by atoms with E-state index in [9.17, 15) is 9.59 Å². The molecule has 2 amide bonds. The minimum Gasteiger partial charge on any atom is -0.353 e. The average Bonchev–Trinajstić information content (AvgIpc) is 2.56. The highest BCUT2D eigenvalue weighted by Gasteiger charge is 2.32. The van der Waals surface area contributed by atoms with Gasteiger partial charge in [0.2, 0.25) is 11.8 Å². The summed E-state index contributed by atoms with van der Waals surface area (Å²) in [5.41, 5.74) is 2.46. The van der Waals surface area contributed by atoms with E-state index in [4.69, 9.17) is 0 Å². The number of likely N-dealkylation sites (N-methyl/N-ethyl adjacent to an activating group) is 1. The molecule has 3 rings (SSSR count). The van der Waals surface area contributed by atoms with Crippen LogP contribution in [0.4, 0.5) is 17.2 Å². The number of hydrogen-bond acceptors (Lipinski definition) is 6. The number of hydrogen-bond donors (Lipinski definition) is 2. The third-order valence-electron chi connectivity index (χ3n) is 4.53. The first-order valence-electron chi connectivity index (χ1n) is 8.81. The van der Waals surface area contributed by atoms with E-state index in [1.54, 1.807) is 30.6 Å². The number of nitrogens with zero attached hydrogens (tertiary/aromatic N) is 4. The molecule has 1 aromatic carbocycles. The van der Waals surface area contributed by atoms with Gasteiger partial charge in [0.1, 0.15) is 12.1 Å². The average molecular weight is 368 g/mol. The molecular formula is C19H24N6O2. The van der Waals surface area contributed by atoms with Crippen molar-refractivity contribution in [2.24, 2.45) is 0 Å². The van der Waals surface area contributed by atoms with Crippen molar-refractivity contribution < 1.29 is 9.59 Å². The van der Waals surface area contributed by atoms with Crippen LogP contribution in [0.5, 0.6) is 0 Å². The topological polar surface area (TPSA) is 90.5 Å². The number of anilines is 3. The molecule has 0 radical (unpaired) electrons. The van der Waals surface area contributed by atoms with Gasteiger partial charge in [-0.1, -0.05) is 0 Å². The van der Waals surface area contributed by atoms with Gasteiger partial charge in [-0.15, -0.1) is 0 Å². The lowest BCUT2D eigenvalue weighted by atomic mass is 10.1. The summed E-state index contributed by atoms with van der Waals surface area (Å²) < 4.78 is 0. The Morgan fingerprint density at radius 1 is 1.19 bits per heavy atom. The molecule has 8 nitrogen and oxygen atoms in total. The van der Waals surface area contributed by atoms with E-state index in [2.05, 4.69) is 25.5 Å². The molecule has 2 heterocycles. The first-order chi connectivity index (χ1) is 12.9. The Bertz CT molecular complexity index is 817.